The Bertz CT molecular complexity index is 452. The van der Waals surface area contributed by atoms with E-state index in [0.29, 0.717) is 11.4 Å². The first kappa shape index (κ1) is 10.1. The van der Waals surface area contributed by atoms with E-state index in [4.69, 9.17) is 4.74 Å². The fraction of sp³-hybridized carbons (Fsp3) is 0.333. The summed E-state index contributed by atoms with van der Waals surface area (Å²) in [6, 6.07) is 1.83. The molecule has 1 unspecified atom stereocenters. The number of methoxy groups -OCH3 is 1. The molecule has 0 aliphatic carbocycles. The Kier molecular flexibility index (Phi) is 2.70. The number of ether oxygens (including phenoxy) is 1. The molecule has 0 fully saturated rings. The average molecular weight is 225 g/mol. The summed E-state index contributed by atoms with van der Waals surface area (Å²) in [5.41, 5.74) is 0.649. The quantitative estimate of drug-likeness (QED) is 0.845. The zero-order chi connectivity index (χ0) is 10.8. The van der Waals surface area contributed by atoms with Crippen molar-refractivity contribution in [2.45, 2.75) is 6.10 Å². The highest BCUT2D eigenvalue weighted by molar-refractivity contribution is 7.10. The van der Waals surface area contributed by atoms with Crippen LogP contribution in [0.2, 0.25) is 0 Å². The molecular weight excluding hydrogens is 214 g/mol. The lowest BCUT2D eigenvalue weighted by Gasteiger charge is -2.09. The fourth-order valence-corrected chi connectivity index (χ4v) is 2.21. The molecular formula is C9H11N3O2S. The number of rotatable bonds is 3. The molecule has 0 radical (unpaired) electrons. The van der Waals surface area contributed by atoms with Crippen LogP contribution in [0.1, 0.15) is 16.7 Å². The van der Waals surface area contributed by atoms with Crippen LogP contribution < -0.4 is 4.74 Å². The van der Waals surface area contributed by atoms with Gasteiger partial charge in [-0.3, -0.25) is 0 Å². The smallest absolute Gasteiger partial charge is 0.135 e. The predicted octanol–water partition coefficient (Wildman–Crippen LogP) is 0.967. The van der Waals surface area contributed by atoms with Crippen molar-refractivity contribution in [3.05, 3.63) is 28.2 Å². The molecule has 2 rings (SSSR count). The molecule has 0 bridgehead atoms. The third-order valence-electron chi connectivity index (χ3n) is 2.16. The van der Waals surface area contributed by atoms with E-state index >= 15 is 0 Å². The summed E-state index contributed by atoms with van der Waals surface area (Å²) in [4.78, 5) is 0.767. The third kappa shape index (κ3) is 1.73. The Labute approximate surface area is 90.9 Å². The molecule has 0 aliphatic rings. The van der Waals surface area contributed by atoms with Crippen molar-refractivity contribution in [1.29, 1.82) is 0 Å². The number of nitrogens with zero attached hydrogens (tertiary/aromatic N) is 3. The van der Waals surface area contributed by atoms with Crippen molar-refractivity contribution >= 4 is 11.3 Å². The van der Waals surface area contributed by atoms with E-state index in [9.17, 15) is 5.11 Å². The van der Waals surface area contributed by atoms with E-state index in [2.05, 4.69) is 10.3 Å². The molecule has 2 aromatic heterocycles. The van der Waals surface area contributed by atoms with Crippen molar-refractivity contribution in [1.82, 2.24) is 15.0 Å². The summed E-state index contributed by atoms with van der Waals surface area (Å²) < 4.78 is 6.69. The van der Waals surface area contributed by atoms with Gasteiger partial charge in [-0.25, -0.2) is 4.68 Å². The molecule has 5 nitrogen and oxygen atoms in total. The second-order valence-electron chi connectivity index (χ2n) is 3.04. The molecule has 1 atom stereocenters. The van der Waals surface area contributed by atoms with Crippen molar-refractivity contribution in [2.75, 3.05) is 7.11 Å². The number of thiophene rings is 1. The highest BCUT2D eigenvalue weighted by Crippen LogP contribution is 2.33. The van der Waals surface area contributed by atoms with Crippen molar-refractivity contribution < 1.29 is 9.84 Å². The van der Waals surface area contributed by atoms with Crippen LogP contribution in [-0.4, -0.2) is 27.2 Å². The van der Waals surface area contributed by atoms with Gasteiger partial charge in [-0.2, -0.15) is 0 Å². The van der Waals surface area contributed by atoms with Crippen molar-refractivity contribution in [3.8, 4) is 5.75 Å². The van der Waals surface area contributed by atoms with Crippen molar-refractivity contribution in [2.24, 2.45) is 7.05 Å². The lowest BCUT2D eigenvalue weighted by Crippen LogP contribution is -2.06. The van der Waals surface area contributed by atoms with Crippen LogP contribution in [0, 0.1) is 0 Å². The maximum atomic E-state index is 10.1. The van der Waals surface area contributed by atoms with E-state index < -0.39 is 6.10 Å². The molecule has 0 aliphatic heterocycles. The zero-order valence-electron chi connectivity index (χ0n) is 8.41. The van der Waals surface area contributed by atoms with E-state index in [1.54, 1.807) is 25.0 Å². The zero-order valence-corrected chi connectivity index (χ0v) is 9.23. The Morgan fingerprint density at radius 1 is 1.60 bits per heavy atom. The normalized spacial score (nSPS) is 12.7. The van der Waals surface area contributed by atoms with Gasteiger partial charge >= 0.3 is 0 Å². The van der Waals surface area contributed by atoms with Gasteiger partial charge in [0.05, 0.1) is 23.9 Å². The lowest BCUT2D eigenvalue weighted by atomic mass is 10.2. The molecule has 0 aromatic carbocycles. The number of hydrogen-bond donors (Lipinski definition) is 1. The van der Waals surface area contributed by atoms with Gasteiger partial charge in [0.15, 0.2) is 0 Å². The van der Waals surface area contributed by atoms with Gasteiger partial charge in [-0.1, -0.05) is 5.21 Å². The van der Waals surface area contributed by atoms with E-state index in [1.807, 2.05) is 11.4 Å². The second-order valence-corrected chi connectivity index (χ2v) is 3.99. The maximum Gasteiger partial charge on any atom is 0.135 e. The number of hydrogen-bond acceptors (Lipinski definition) is 5. The van der Waals surface area contributed by atoms with Gasteiger partial charge < -0.3 is 9.84 Å². The molecule has 0 saturated heterocycles. The maximum absolute atomic E-state index is 10.1. The van der Waals surface area contributed by atoms with E-state index in [1.165, 1.54) is 11.3 Å². The molecule has 1 N–H and O–H groups in total. The Hall–Kier alpha value is -1.40. The van der Waals surface area contributed by atoms with Crippen LogP contribution in [0.5, 0.6) is 5.75 Å². The van der Waals surface area contributed by atoms with Crippen LogP contribution in [0.4, 0.5) is 0 Å². The van der Waals surface area contributed by atoms with E-state index in [0.717, 1.165) is 4.88 Å². The van der Waals surface area contributed by atoms with E-state index in [-0.39, 0.29) is 0 Å². The average Bonchev–Trinajstić information content (AvgIpc) is 2.84. The minimum atomic E-state index is -0.736. The molecule has 0 spiro atoms. The molecule has 6 heteroatoms. The first-order valence-corrected chi connectivity index (χ1v) is 5.26. The number of aromatic nitrogens is 3. The Morgan fingerprint density at radius 3 is 3.00 bits per heavy atom. The largest absolute Gasteiger partial charge is 0.495 e. The van der Waals surface area contributed by atoms with Crippen LogP contribution in [0.15, 0.2) is 17.6 Å². The summed E-state index contributed by atoms with van der Waals surface area (Å²) >= 11 is 1.45. The van der Waals surface area contributed by atoms with Crippen LogP contribution in [0.3, 0.4) is 0 Å². The molecule has 2 heterocycles. The predicted molar refractivity (Wildman–Crippen MR) is 55.9 cm³/mol. The minimum Gasteiger partial charge on any atom is -0.495 e. The molecule has 15 heavy (non-hydrogen) atoms. The molecule has 0 saturated carbocycles. The monoisotopic (exact) mass is 225 g/mol. The Morgan fingerprint density at radius 2 is 2.40 bits per heavy atom. The molecule has 0 amide bonds. The van der Waals surface area contributed by atoms with Crippen LogP contribution in [0.25, 0.3) is 0 Å². The first-order chi connectivity index (χ1) is 7.24. The van der Waals surface area contributed by atoms with Gasteiger partial charge in [0.1, 0.15) is 11.9 Å². The summed E-state index contributed by atoms with van der Waals surface area (Å²) in [6.07, 6.45) is 0.809. The van der Waals surface area contributed by atoms with Crippen LogP contribution >= 0.6 is 11.3 Å². The number of aliphatic hydroxyl groups is 1. The van der Waals surface area contributed by atoms with Crippen LogP contribution in [-0.2, 0) is 7.05 Å². The number of aliphatic hydroxyl groups excluding tert-OH is 1. The SMILES string of the molecule is COc1ccsc1C(O)c1cnnn1C. The summed E-state index contributed by atoms with van der Waals surface area (Å²) in [5, 5.41) is 19.5. The minimum absolute atomic E-state index is 0.649. The fourth-order valence-electron chi connectivity index (χ4n) is 1.36. The molecule has 80 valence electrons. The second kappa shape index (κ2) is 4.00. The van der Waals surface area contributed by atoms with Gasteiger partial charge in [-0.05, 0) is 11.4 Å². The van der Waals surface area contributed by atoms with Gasteiger partial charge in [-0.15, -0.1) is 16.4 Å². The summed E-state index contributed by atoms with van der Waals surface area (Å²) in [7, 11) is 3.32. The van der Waals surface area contributed by atoms with Crippen molar-refractivity contribution in [3.63, 3.8) is 0 Å². The topological polar surface area (TPSA) is 60.2 Å². The highest BCUT2D eigenvalue weighted by Gasteiger charge is 2.19. The van der Waals surface area contributed by atoms with Gasteiger partial charge in [0.2, 0.25) is 0 Å². The number of aryl methyl sites for hydroxylation is 1. The molecule has 2 aromatic rings. The third-order valence-corrected chi connectivity index (χ3v) is 3.11. The van der Waals surface area contributed by atoms with Gasteiger partial charge in [0, 0.05) is 7.05 Å². The Balaban J connectivity index is 2.36. The highest BCUT2D eigenvalue weighted by atomic mass is 32.1. The first-order valence-electron chi connectivity index (χ1n) is 4.38. The summed E-state index contributed by atoms with van der Waals surface area (Å²) in [6.45, 7) is 0. The summed E-state index contributed by atoms with van der Waals surface area (Å²) in [5.74, 6) is 0.689. The lowest BCUT2D eigenvalue weighted by molar-refractivity contribution is 0.209. The standard InChI is InChI=1S/C9H11N3O2S/c1-12-6(5-10-11-12)8(13)9-7(14-2)3-4-15-9/h3-5,8,13H,1-2H3. The van der Waals surface area contributed by atoms with Gasteiger partial charge in [0.25, 0.3) is 0 Å².